The Balaban J connectivity index is 1.81. The van der Waals surface area contributed by atoms with Crippen LogP contribution in [0.2, 0.25) is 0 Å². The third kappa shape index (κ3) is 4.94. The van der Waals surface area contributed by atoms with Crippen molar-refractivity contribution in [3.8, 4) is 0 Å². The van der Waals surface area contributed by atoms with Gasteiger partial charge in [0, 0.05) is 32.7 Å². The Morgan fingerprint density at radius 3 is 2.16 bits per heavy atom. The number of nitrogens with zero attached hydrogens (tertiary/aromatic N) is 2. The zero-order chi connectivity index (χ0) is 13.7. The van der Waals surface area contributed by atoms with Gasteiger partial charge in [-0.15, -0.1) is 0 Å². The van der Waals surface area contributed by atoms with Gasteiger partial charge >= 0.3 is 0 Å². The van der Waals surface area contributed by atoms with Gasteiger partial charge in [0.2, 0.25) is 0 Å². The van der Waals surface area contributed by atoms with Crippen molar-refractivity contribution in [3.63, 3.8) is 0 Å². The molecular weight excluding hydrogens is 236 g/mol. The van der Waals surface area contributed by atoms with Crippen molar-refractivity contribution < 1.29 is 4.74 Å². The first-order chi connectivity index (χ1) is 9.13. The molecule has 1 fully saturated rings. The molecule has 0 saturated carbocycles. The van der Waals surface area contributed by atoms with Crippen molar-refractivity contribution >= 4 is 0 Å². The van der Waals surface area contributed by atoms with E-state index in [1.165, 1.54) is 37.3 Å². The first kappa shape index (κ1) is 14.5. The van der Waals surface area contributed by atoms with Crippen LogP contribution in [0, 0.1) is 0 Å². The number of piperazine rings is 1. The van der Waals surface area contributed by atoms with E-state index >= 15 is 0 Å². The molecule has 0 aromatic heterocycles. The van der Waals surface area contributed by atoms with Crippen LogP contribution in [0.4, 0.5) is 0 Å². The number of likely N-dealkylation sites (N-methyl/N-ethyl adjacent to an activating group) is 1. The van der Waals surface area contributed by atoms with Crippen molar-refractivity contribution in [2.24, 2.45) is 0 Å². The van der Waals surface area contributed by atoms with Crippen LogP contribution in [0.5, 0.6) is 0 Å². The maximum absolute atomic E-state index is 5.61. The van der Waals surface area contributed by atoms with Crippen molar-refractivity contribution in [2.75, 3.05) is 33.2 Å². The molecule has 1 heterocycles. The van der Waals surface area contributed by atoms with Gasteiger partial charge in [0.05, 0.1) is 12.7 Å². The molecule has 0 atom stereocenters. The standard InChI is InChI=1S/C16H26N2O/c1-14(2)19-13-16-6-4-15(5-7-16)12-18-10-8-17(3)9-11-18/h4-7,14H,8-13H2,1-3H3. The first-order valence-corrected chi connectivity index (χ1v) is 7.24. The van der Waals surface area contributed by atoms with E-state index < -0.39 is 0 Å². The average Bonchev–Trinajstić information content (AvgIpc) is 2.40. The average molecular weight is 262 g/mol. The minimum atomic E-state index is 0.296. The fraction of sp³-hybridized carbons (Fsp3) is 0.625. The minimum Gasteiger partial charge on any atom is -0.374 e. The molecule has 1 aliphatic rings. The van der Waals surface area contributed by atoms with Gasteiger partial charge in [0.25, 0.3) is 0 Å². The van der Waals surface area contributed by atoms with E-state index in [0.717, 1.165) is 6.54 Å². The Morgan fingerprint density at radius 2 is 1.58 bits per heavy atom. The van der Waals surface area contributed by atoms with Crippen LogP contribution in [0.3, 0.4) is 0 Å². The van der Waals surface area contributed by atoms with Gasteiger partial charge in [-0.2, -0.15) is 0 Å². The van der Waals surface area contributed by atoms with E-state index in [1.54, 1.807) is 0 Å². The van der Waals surface area contributed by atoms with Gasteiger partial charge in [0.1, 0.15) is 0 Å². The molecule has 0 unspecified atom stereocenters. The van der Waals surface area contributed by atoms with Crippen LogP contribution in [0.25, 0.3) is 0 Å². The lowest BCUT2D eigenvalue weighted by Gasteiger charge is -2.32. The Hall–Kier alpha value is -0.900. The number of benzene rings is 1. The van der Waals surface area contributed by atoms with Crippen LogP contribution in [-0.2, 0) is 17.9 Å². The quantitative estimate of drug-likeness (QED) is 0.810. The van der Waals surface area contributed by atoms with Gasteiger partial charge < -0.3 is 9.64 Å². The molecule has 0 spiro atoms. The highest BCUT2D eigenvalue weighted by molar-refractivity contribution is 5.22. The maximum Gasteiger partial charge on any atom is 0.0720 e. The van der Waals surface area contributed by atoms with Crippen LogP contribution < -0.4 is 0 Å². The third-order valence-corrected chi connectivity index (χ3v) is 3.61. The zero-order valence-electron chi connectivity index (χ0n) is 12.4. The summed E-state index contributed by atoms with van der Waals surface area (Å²) in [7, 11) is 2.20. The number of hydrogen-bond acceptors (Lipinski definition) is 3. The largest absolute Gasteiger partial charge is 0.374 e. The highest BCUT2D eigenvalue weighted by atomic mass is 16.5. The molecule has 1 aromatic rings. The highest BCUT2D eigenvalue weighted by Crippen LogP contribution is 2.11. The predicted molar refractivity (Wildman–Crippen MR) is 79.1 cm³/mol. The van der Waals surface area contributed by atoms with E-state index in [4.69, 9.17) is 4.74 Å². The second kappa shape index (κ2) is 7.04. The highest BCUT2D eigenvalue weighted by Gasteiger charge is 2.13. The number of rotatable bonds is 5. The van der Waals surface area contributed by atoms with Crippen molar-refractivity contribution in [1.82, 2.24) is 9.80 Å². The van der Waals surface area contributed by atoms with Crippen molar-refractivity contribution in [1.29, 1.82) is 0 Å². The molecule has 106 valence electrons. The van der Waals surface area contributed by atoms with Crippen LogP contribution in [0.1, 0.15) is 25.0 Å². The smallest absolute Gasteiger partial charge is 0.0720 e. The van der Waals surface area contributed by atoms with E-state index in [-0.39, 0.29) is 0 Å². The molecule has 1 aliphatic heterocycles. The van der Waals surface area contributed by atoms with Gasteiger partial charge in [-0.3, -0.25) is 4.90 Å². The minimum absolute atomic E-state index is 0.296. The van der Waals surface area contributed by atoms with E-state index in [9.17, 15) is 0 Å². The first-order valence-electron chi connectivity index (χ1n) is 7.24. The summed E-state index contributed by atoms with van der Waals surface area (Å²) in [5.41, 5.74) is 2.66. The van der Waals surface area contributed by atoms with Gasteiger partial charge in [-0.1, -0.05) is 24.3 Å². The lowest BCUT2D eigenvalue weighted by molar-refractivity contribution is 0.0657. The lowest BCUT2D eigenvalue weighted by Crippen LogP contribution is -2.43. The summed E-state index contributed by atoms with van der Waals surface area (Å²) in [5, 5.41) is 0. The zero-order valence-corrected chi connectivity index (χ0v) is 12.4. The fourth-order valence-electron chi connectivity index (χ4n) is 2.27. The Labute approximate surface area is 117 Å². The monoisotopic (exact) mass is 262 g/mol. The summed E-state index contributed by atoms with van der Waals surface area (Å²) in [6, 6.07) is 8.84. The predicted octanol–water partition coefficient (Wildman–Crippen LogP) is 2.36. The summed E-state index contributed by atoms with van der Waals surface area (Å²) >= 11 is 0. The number of ether oxygens (including phenoxy) is 1. The molecule has 0 bridgehead atoms. The molecule has 0 aliphatic carbocycles. The summed E-state index contributed by atoms with van der Waals surface area (Å²) in [6.45, 7) is 10.6. The molecule has 0 radical (unpaired) electrons. The Kier molecular flexibility index (Phi) is 5.37. The second-order valence-corrected chi connectivity index (χ2v) is 5.76. The molecule has 3 nitrogen and oxygen atoms in total. The molecule has 3 heteroatoms. The van der Waals surface area contributed by atoms with E-state index in [2.05, 4.69) is 55.0 Å². The molecule has 2 rings (SSSR count). The fourth-order valence-corrected chi connectivity index (χ4v) is 2.27. The van der Waals surface area contributed by atoms with Gasteiger partial charge in [0.15, 0.2) is 0 Å². The normalized spacial score (nSPS) is 18.1. The summed E-state index contributed by atoms with van der Waals surface area (Å²) in [6.07, 6.45) is 0.296. The summed E-state index contributed by atoms with van der Waals surface area (Å²) in [5.74, 6) is 0. The molecule has 1 saturated heterocycles. The van der Waals surface area contributed by atoms with Crippen molar-refractivity contribution in [3.05, 3.63) is 35.4 Å². The summed E-state index contributed by atoms with van der Waals surface area (Å²) in [4.78, 5) is 4.92. The van der Waals surface area contributed by atoms with E-state index in [0.29, 0.717) is 12.7 Å². The molecular formula is C16H26N2O. The third-order valence-electron chi connectivity index (χ3n) is 3.61. The molecule has 0 amide bonds. The van der Waals surface area contributed by atoms with Crippen LogP contribution in [0.15, 0.2) is 24.3 Å². The SMILES string of the molecule is CC(C)OCc1ccc(CN2CCN(C)CC2)cc1. The van der Waals surface area contributed by atoms with Gasteiger partial charge in [-0.25, -0.2) is 0 Å². The van der Waals surface area contributed by atoms with Crippen LogP contribution >= 0.6 is 0 Å². The second-order valence-electron chi connectivity index (χ2n) is 5.76. The molecule has 1 aromatic carbocycles. The van der Waals surface area contributed by atoms with Gasteiger partial charge in [-0.05, 0) is 32.0 Å². The van der Waals surface area contributed by atoms with Crippen molar-refractivity contribution in [2.45, 2.75) is 33.1 Å². The lowest BCUT2D eigenvalue weighted by atomic mass is 10.1. The Bertz CT molecular complexity index is 367. The Morgan fingerprint density at radius 1 is 1.00 bits per heavy atom. The maximum atomic E-state index is 5.61. The molecule has 0 N–H and O–H groups in total. The van der Waals surface area contributed by atoms with Crippen LogP contribution in [-0.4, -0.2) is 49.1 Å². The number of hydrogen-bond donors (Lipinski definition) is 0. The van der Waals surface area contributed by atoms with E-state index in [1.807, 2.05) is 0 Å². The molecule has 19 heavy (non-hydrogen) atoms. The topological polar surface area (TPSA) is 15.7 Å². The summed E-state index contributed by atoms with van der Waals surface area (Å²) < 4.78 is 5.61.